The Bertz CT molecular complexity index is 529. The molecule has 0 radical (unpaired) electrons. The van der Waals surface area contributed by atoms with E-state index in [1.807, 2.05) is 14.0 Å². The van der Waals surface area contributed by atoms with Crippen molar-refractivity contribution in [1.29, 1.82) is 0 Å². The summed E-state index contributed by atoms with van der Waals surface area (Å²) in [7, 11) is 1.81. The molecule has 0 fully saturated rings. The third-order valence-corrected chi connectivity index (χ3v) is 2.96. The lowest BCUT2D eigenvalue weighted by molar-refractivity contribution is 0.528. The fraction of sp³-hybridized carbons (Fsp3) is 0.357. The summed E-state index contributed by atoms with van der Waals surface area (Å²) in [4.78, 5) is 4.29. The van der Waals surface area contributed by atoms with E-state index in [1.165, 1.54) is 16.7 Å². The highest BCUT2D eigenvalue weighted by Crippen LogP contribution is 2.20. The number of nitrogens with zero attached hydrogens (tertiary/aromatic N) is 1. The number of nitrogens with one attached hydrogen (secondary N) is 1. The van der Waals surface area contributed by atoms with Crippen molar-refractivity contribution in [2.75, 3.05) is 12.4 Å². The topological polar surface area (TPSA) is 38.1 Å². The molecule has 0 bridgehead atoms. The van der Waals surface area contributed by atoms with E-state index in [2.05, 4.69) is 42.3 Å². The minimum atomic E-state index is 0.585. The zero-order valence-electron chi connectivity index (χ0n) is 10.8. The molecule has 0 saturated carbocycles. The van der Waals surface area contributed by atoms with Crippen LogP contribution in [0.2, 0.25) is 0 Å². The molecule has 0 amide bonds. The standard InChI is InChI=1S/C14H18N2O/c1-9-5-6-12(10(2)7-9)8-13-11(3)16-14(15-4)17-13/h5-7H,8H2,1-4H3,(H,15,16). The van der Waals surface area contributed by atoms with Gasteiger partial charge in [-0.3, -0.25) is 0 Å². The predicted octanol–water partition coefficient (Wildman–Crippen LogP) is 3.23. The van der Waals surface area contributed by atoms with Gasteiger partial charge in [-0.25, -0.2) is 0 Å². The van der Waals surface area contributed by atoms with Gasteiger partial charge in [-0.05, 0) is 31.9 Å². The second-order valence-electron chi connectivity index (χ2n) is 4.38. The van der Waals surface area contributed by atoms with E-state index in [9.17, 15) is 0 Å². The van der Waals surface area contributed by atoms with Crippen LogP contribution in [-0.2, 0) is 6.42 Å². The molecule has 0 aliphatic rings. The Morgan fingerprint density at radius 3 is 2.59 bits per heavy atom. The molecular weight excluding hydrogens is 212 g/mol. The Morgan fingerprint density at radius 1 is 1.24 bits per heavy atom. The highest BCUT2D eigenvalue weighted by molar-refractivity contribution is 5.35. The number of hydrogen-bond acceptors (Lipinski definition) is 3. The quantitative estimate of drug-likeness (QED) is 0.879. The molecule has 0 spiro atoms. The molecule has 0 aliphatic carbocycles. The normalized spacial score (nSPS) is 10.6. The van der Waals surface area contributed by atoms with Gasteiger partial charge in [-0.1, -0.05) is 23.8 Å². The Hall–Kier alpha value is -1.77. The van der Waals surface area contributed by atoms with E-state index in [4.69, 9.17) is 4.42 Å². The van der Waals surface area contributed by atoms with Crippen molar-refractivity contribution in [2.24, 2.45) is 0 Å². The van der Waals surface area contributed by atoms with Gasteiger partial charge >= 0.3 is 0 Å². The van der Waals surface area contributed by atoms with Gasteiger partial charge in [0.15, 0.2) is 0 Å². The van der Waals surface area contributed by atoms with Crippen molar-refractivity contribution in [3.63, 3.8) is 0 Å². The molecule has 0 unspecified atom stereocenters. The molecule has 3 nitrogen and oxygen atoms in total. The third-order valence-electron chi connectivity index (χ3n) is 2.96. The fourth-order valence-corrected chi connectivity index (χ4v) is 1.92. The lowest BCUT2D eigenvalue weighted by Crippen LogP contribution is -1.93. The van der Waals surface area contributed by atoms with Crippen LogP contribution in [0.4, 0.5) is 6.01 Å². The molecule has 90 valence electrons. The average molecular weight is 230 g/mol. The molecule has 0 saturated heterocycles. The van der Waals surface area contributed by atoms with Crippen molar-refractivity contribution >= 4 is 6.01 Å². The first-order valence-electron chi connectivity index (χ1n) is 5.80. The zero-order chi connectivity index (χ0) is 12.4. The van der Waals surface area contributed by atoms with Gasteiger partial charge in [0.2, 0.25) is 0 Å². The number of oxazole rings is 1. The highest BCUT2D eigenvalue weighted by atomic mass is 16.4. The lowest BCUT2D eigenvalue weighted by atomic mass is 10.0. The summed E-state index contributed by atoms with van der Waals surface area (Å²) in [5.41, 5.74) is 4.83. The predicted molar refractivity (Wildman–Crippen MR) is 69.5 cm³/mol. The monoisotopic (exact) mass is 230 g/mol. The van der Waals surface area contributed by atoms with Crippen LogP contribution in [0.15, 0.2) is 22.6 Å². The van der Waals surface area contributed by atoms with Crippen molar-refractivity contribution in [3.8, 4) is 0 Å². The SMILES string of the molecule is CNc1nc(C)c(Cc2ccc(C)cc2C)o1. The van der Waals surface area contributed by atoms with Crippen molar-refractivity contribution in [1.82, 2.24) is 4.98 Å². The average Bonchev–Trinajstić information content (AvgIpc) is 2.64. The number of benzene rings is 1. The van der Waals surface area contributed by atoms with Crippen LogP contribution in [0.5, 0.6) is 0 Å². The molecule has 17 heavy (non-hydrogen) atoms. The molecule has 3 heteroatoms. The summed E-state index contributed by atoms with van der Waals surface area (Å²) in [5, 5.41) is 2.92. The first-order chi connectivity index (χ1) is 8.10. The summed E-state index contributed by atoms with van der Waals surface area (Å²) < 4.78 is 5.63. The van der Waals surface area contributed by atoms with Crippen LogP contribution in [0.3, 0.4) is 0 Å². The molecule has 1 aromatic carbocycles. The Labute approximate surface area is 102 Å². The maximum Gasteiger partial charge on any atom is 0.294 e. The third kappa shape index (κ3) is 2.49. The van der Waals surface area contributed by atoms with E-state index >= 15 is 0 Å². The Balaban J connectivity index is 2.27. The molecule has 2 aromatic rings. The first kappa shape index (κ1) is 11.7. The number of aromatic nitrogens is 1. The van der Waals surface area contributed by atoms with Crippen LogP contribution in [-0.4, -0.2) is 12.0 Å². The smallest absolute Gasteiger partial charge is 0.294 e. The summed E-state index contributed by atoms with van der Waals surface area (Å²) in [6.45, 7) is 6.21. The Kier molecular flexibility index (Phi) is 3.18. The Morgan fingerprint density at radius 2 is 2.00 bits per heavy atom. The number of aryl methyl sites for hydroxylation is 3. The van der Waals surface area contributed by atoms with Crippen molar-refractivity contribution < 1.29 is 4.42 Å². The molecule has 1 heterocycles. The van der Waals surface area contributed by atoms with Gasteiger partial charge in [-0.15, -0.1) is 0 Å². The van der Waals surface area contributed by atoms with Gasteiger partial charge in [0.25, 0.3) is 6.01 Å². The first-order valence-corrected chi connectivity index (χ1v) is 5.80. The number of rotatable bonds is 3. The largest absolute Gasteiger partial charge is 0.428 e. The molecule has 1 aromatic heterocycles. The van der Waals surface area contributed by atoms with E-state index < -0.39 is 0 Å². The fourth-order valence-electron chi connectivity index (χ4n) is 1.92. The van der Waals surface area contributed by atoms with Gasteiger partial charge in [0.1, 0.15) is 5.76 Å². The molecule has 0 aliphatic heterocycles. The number of anilines is 1. The van der Waals surface area contributed by atoms with Gasteiger partial charge in [0.05, 0.1) is 5.69 Å². The van der Waals surface area contributed by atoms with E-state index in [0.29, 0.717) is 6.01 Å². The second-order valence-corrected chi connectivity index (χ2v) is 4.38. The van der Waals surface area contributed by atoms with E-state index in [-0.39, 0.29) is 0 Å². The highest BCUT2D eigenvalue weighted by Gasteiger charge is 2.10. The van der Waals surface area contributed by atoms with Crippen LogP contribution in [0.25, 0.3) is 0 Å². The van der Waals surface area contributed by atoms with E-state index in [1.54, 1.807) is 0 Å². The minimum Gasteiger partial charge on any atom is -0.428 e. The van der Waals surface area contributed by atoms with Gasteiger partial charge < -0.3 is 9.73 Å². The second kappa shape index (κ2) is 4.62. The maximum absolute atomic E-state index is 5.63. The van der Waals surface area contributed by atoms with Crippen molar-refractivity contribution in [3.05, 3.63) is 46.3 Å². The summed E-state index contributed by atoms with van der Waals surface area (Å²) in [6.07, 6.45) is 0.798. The lowest BCUT2D eigenvalue weighted by Gasteiger charge is -2.05. The molecule has 2 rings (SSSR count). The van der Waals surface area contributed by atoms with Gasteiger partial charge in [0, 0.05) is 13.5 Å². The van der Waals surface area contributed by atoms with E-state index in [0.717, 1.165) is 17.9 Å². The maximum atomic E-state index is 5.63. The summed E-state index contributed by atoms with van der Waals surface area (Å²) in [5.74, 6) is 0.932. The molecule has 0 atom stereocenters. The van der Waals surface area contributed by atoms with Crippen LogP contribution < -0.4 is 5.32 Å². The molecule has 1 N–H and O–H groups in total. The van der Waals surface area contributed by atoms with Crippen LogP contribution in [0, 0.1) is 20.8 Å². The zero-order valence-corrected chi connectivity index (χ0v) is 10.8. The minimum absolute atomic E-state index is 0.585. The van der Waals surface area contributed by atoms with Crippen LogP contribution in [0.1, 0.15) is 28.1 Å². The van der Waals surface area contributed by atoms with Gasteiger partial charge in [-0.2, -0.15) is 4.98 Å². The summed E-state index contributed by atoms with van der Waals surface area (Å²) in [6, 6.07) is 7.07. The number of hydrogen-bond donors (Lipinski definition) is 1. The molecular formula is C14H18N2O. The van der Waals surface area contributed by atoms with Crippen molar-refractivity contribution in [2.45, 2.75) is 27.2 Å². The summed E-state index contributed by atoms with van der Waals surface area (Å²) >= 11 is 0. The van der Waals surface area contributed by atoms with Crippen LogP contribution >= 0.6 is 0 Å².